The van der Waals surface area contributed by atoms with E-state index in [2.05, 4.69) is 20.8 Å². The summed E-state index contributed by atoms with van der Waals surface area (Å²) in [5.74, 6) is 1.12. The van der Waals surface area contributed by atoms with Gasteiger partial charge in [0.25, 0.3) is 5.91 Å². The Morgan fingerprint density at radius 1 is 1.55 bits per heavy atom. The molecule has 2 heterocycles. The second-order valence-electron chi connectivity index (χ2n) is 4.50. The van der Waals surface area contributed by atoms with Gasteiger partial charge in [-0.05, 0) is 12.1 Å². The number of nitrogens with one attached hydrogen (secondary N) is 2. The molecule has 1 aromatic carbocycles. The lowest BCUT2D eigenvalue weighted by Crippen LogP contribution is -2.27. The first-order valence-corrected chi connectivity index (χ1v) is 6.36. The Morgan fingerprint density at radius 3 is 3.25 bits per heavy atom. The lowest BCUT2D eigenvalue weighted by Gasteiger charge is -2.21. The van der Waals surface area contributed by atoms with Crippen molar-refractivity contribution in [1.82, 2.24) is 20.1 Å². The van der Waals surface area contributed by atoms with E-state index in [9.17, 15) is 4.79 Å². The molecule has 1 aliphatic heterocycles. The Labute approximate surface area is 116 Å². The molecular weight excluding hydrogens is 258 g/mol. The number of aryl methyl sites for hydroxylation is 1. The number of amides is 1. The van der Waals surface area contributed by atoms with Crippen LogP contribution in [0.2, 0.25) is 0 Å². The minimum Gasteiger partial charge on any atom is -0.489 e. The topological polar surface area (TPSA) is 81.1 Å². The van der Waals surface area contributed by atoms with Gasteiger partial charge in [-0.1, -0.05) is 6.07 Å². The Morgan fingerprint density at radius 2 is 2.45 bits per heavy atom. The third-order valence-electron chi connectivity index (χ3n) is 3.14. The zero-order chi connectivity index (χ0) is 13.9. The van der Waals surface area contributed by atoms with Crippen LogP contribution in [-0.2, 0) is 13.6 Å². The van der Waals surface area contributed by atoms with Crippen LogP contribution in [0.1, 0.15) is 16.2 Å². The Balaban J connectivity index is 1.76. The summed E-state index contributed by atoms with van der Waals surface area (Å²) in [6.45, 7) is 1.63. The Hall–Kier alpha value is -2.57. The molecule has 1 aromatic heterocycles. The van der Waals surface area contributed by atoms with Crippen molar-refractivity contribution in [2.24, 2.45) is 7.05 Å². The van der Waals surface area contributed by atoms with Crippen molar-refractivity contribution >= 4 is 11.6 Å². The van der Waals surface area contributed by atoms with Crippen molar-refractivity contribution in [1.29, 1.82) is 0 Å². The highest BCUT2D eigenvalue weighted by Gasteiger charge is 2.19. The van der Waals surface area contributed by atoms with Gasteiger partial charge in [-0.3, -0.25) is 4.79 Å². The number of hydrogen-bond donors (Lipinski definition) is 2. The van der Waals surface area contributed by atoms with Crippen LogP contribution in [0.15, 0.2) is 24.5 Å². The standard InChI is InChI=1S/C13H15N5O2/c1-18-8-16-17-11(18)7-15-13(19)9-3-2-4-10-12(9)20-6-5-14-10/h2-4,8,14H,5-7H2,1H3,(H,15,19). The average Bonchev–Trinajstić information content (AvgIpc) is 2.89. The molecule has 1 amide bonds. The molecule has 0 saturated carbocycles. The first-order chi connectivity index (χ1) is 9.75. The molecule has 0 unspecified atom stereocenters. The third-order valence-corrected chi connectivity index (χ3v) is 3.14. The maximum atomic E-state index is 12.2. The largest absolute Gasteiger partial charge is 0.489 e. The van der Waals surface area contributed by atoms with Gasteiger partial charge in [-0.2, -0.15) is 0 Å². The summed E-state index contributed by atoms with van der Waals surface area (Å²) < 4.78 is 7.34. The van der Waals surface area contributed by atoms with Gasteiger partial charge in [0, 0.05) is 13.6 Å². The molecule has 7 heteroatoms. The summed E-state index contributed by atoms with van der Waals surface area (Å²) in [5, 5.41) is 13.7. The molecule has 0 atom stereocenters. The average molecular weight is 273 g/mol. The highest BCUT2D eigenvalue weighted by Crippen LogP contribution is 2.31. The highest BCUT2D eigenvalue weighted by atomic mass is 16.5. The van der Waals surface area contributed by atoms with Gasteiger partial charge in [0.15, 0.2) is 11.6 Å². The van der Waals surface area contributed by atoms with Crippen molar-refractivity contribution in [3.8, 4) is 5.75 Å². The summed E-state index contributed by atoms with van der Waals surface area (Å²) in [6.07, 6.45) is 1.60. The van der Waals surface area contributed by atoms with Crippen LogP contribution in [0.5, 0.6) is 5.75 Å². The number of carbonyl (C=O) groups is 1. The maximum absolute atomic E-state index is 12.2. The number of ether oxygens (including phenoxy) is 1. The molecule has 0 saturated heterocycles. The molecule has 1 aliphatic rings. The van der Waals surface area contributed by atoms with Crippen molar-refractivity contribution < 1.29 is 9.53 Å². The third kappa shape index (κ3) is 2.29. The monoisotopic (exact) mass is 273 g/mol. The van der Waals surface area contributed by atoms with Crippen LogP contribution >= 0.6 is 0 Å². The maximum Gasteiger partial charge on any atom is 0.255 e. The Kier molecular flexibility index (Phi) is 3.24. The lowest BCUT2D eigenvalue weighted by molar-refractivity contribution is 0.0945. The van der Waals surface area contributed by atoms with Crippen LogP contribution in [0.4, 0.5) is 5.69 Å². The number of benzene rings is 1. The normalized spacial score (nSPS) is 13.1. The minimum absolute atomic E-state index is 0.187. The van der Waals surface area contributed by atoms with Gasteiger partial charge in [0.1, 0.15) is 12.9 Å². The first kappa shape index (κ1) is 12.5. The van der Waals surface area contributed by atoms with E-state index < -0.39 is 0 Å². The van der Waals surface area contributed by atoms with Gasteiger partial charge in [-0.25, -0.2) is 0 Å². The van der Waals surface area contributed by atoms with E-state index in [0.29, 0.717) is 30.3 Å². The molecule has 2 aromatic rings. The number of rotatable bonds is 3. The number of para-hydroxylation sites is 1. The predicted molar refractivity (Wildman–Crippen MR) is 72.6 cm³/mol. The van der Waals surface area contributed by atoms with Gasteiger partial charge in [-0.15, -0.1) is 10.2 Å². The van der Waals surface area contributed by atoms with Crippen molar-refractivity contribution in [2.75, 3.05) is 18.5 Å². The number of carbonyl (C=O) groups excluding carboxylic acids is 1. The fraction of sp³-hybridized carbons (Fsp3) is 0.308. The van der Waals surface area contributed by atoms with E-state index in [1.807, 2.05) is 19.2 Å². The van der Waals surface area contributed by atoms with E-state index in [-0.39, 0.29) is 5.91 Å². The first-order valence-electron chi connectivity index (χ1n) is 6.36. The SMILES string of the molecule is Cn1cnnc1CNC(=O)c1cccc2c1OCCN2. The highest BCUT2D eigenvalue weighted by molar-refractivity contribution is 5.98. The molecule has 2 N–H and O–H groups in total. The van der Waals surface area contributed by atoms with Gasteiger partial charge >= 0.3 is 0 Å². The molecule has 20 heavy (non-hydrogen) atoms. The fourth-order valence-electron chi connectivity index (χ4n) is 2.07. The zero-order valence-corrected chi connectivity index (χ0v) is 11.1. The molecule has 0 radical (unpaired) electrons. The van der Waals surface area contributed by atoms with E-state index in [0.717, 1.165) is 12.2 Å². The number of fused-ring (bicyclic) bond motifs is 1. The second-order valence-corrected chi connectivity index (χ2v) is 4.50. The van der Waals surface area contributed by atoms with Crippen molar-refractivity contribution in [3.05, 3.63) is 35.9 Å². The lowest BCUT2D eigenvalue weighted by atomic mass is 10.1. The van der Waals surface area contributed by atoms with E-state index >= 15 is 0 Å². The molecular formula is C13H15N5O2. The molecule has 0 fully saturated rings. The van der Waals surface area contributed by atoms with Crippen LogP contribution in [0.25, 0.3) is 0 Å². The van der Waals surface area contributed by atoms with Gasteiger partial charge in [0.2, 0.25) is 0 Å². The number of nitrogens with zero attached hydrogens (tertiary/aromatic N) is 3. The summed E-state index contributed by atoms with van der Waals surface area (Å²) in [4.78, 5) is 12.2. The second kappa shape index (κ2) is 5.20. The summed E-state index contributed by atoms with van der Waals surface area (Å²) in [7, 11) is 1.83. The summed E-state index contributed by atoms with van der Waals surface area (Å²) in [5.41, 5.74) is 1.37. The summed E-state index contributed by atoms with van der Waals surface area (Å²) >= 11 is 0. The Bertz CT molecular complexity index is 637. The van der Waals surface area contributed by atoms with Crippen molar-refractivity contribution in [2.45, 2.75) is 6.54 Å². The van der Waals surface area contributed by atoms with Crippen LogP contribution < -0.4 is 15.4 Å². The summed E-state index contributed by atoms with van der Waals surface area (Å²) in [6, 6.07) is 5.48. The number of hydrogen-bond acceptors (Lipinski definition) is 5. The van der Waals surface area contributed by atoms with Gasteiger partial charge < -0.3 is 19.9 Å². The van der Waals surface area contributed by atoms with Crippen LogP contribution in [0, 0.1) is 0 Å². The van der Waals surface area contributed by atoms with Crippen LogP contribution in [-0.4, -0.2) is 33.8 Å². The molecule has 0 aliphatic carbocycles. The minimum atomic E-state index is -0.187. The van der Waals surface area contributed by atoms with E-state index in [1.165, 1.54) is 0 Å². The number of anilines is 1. The molecule has 7 nitrogen and oxygen atoms in total. The van der Waals surface area contributed by atoms with Crippen molar-refractivity contribution in [3.63, 3.8) is 0 Å². The molecule has 3 rings (SSSR count). The molecule has 0 spiro atoms. The smallest absolute Gasteiger partial charge is 0.255 e. The van der Waals surface area contributed by atoms with Gasteiger partial charge in [0.05, 0.1) is 17.8 Å². The van der Waals surface area contributed by atoms with E-state index in [4.69, 9.17) is 4.74 Å². The number of aromatic nitrogens is 3. The van der Waals surface area contributed by atoms with E-state index in [1.54, 1.807) is 17.0 Å². The predicted octanol–water partition coefficient (Wildman–Crippen LogP) is 0.549. The quantitative estimate of drug-likeness (QED) is 0.853. The fourth-order valence-corrected chi connectivity index (χ4v) is 2.07. The molecule has 0 bridgehead atoms. The van der Waals surface area contributed by atoms with Crippen LogP contribution in [0.3, 0.4) is 0 Å². The molecule has 104 valence electrons. The zero-order valence-electron chi connectivity index (χ0n) is 11.1.